The van der Waals surface area contributed by atoms with Gasteiger partial charge in [-0.2, -0.15) is 5.10 Å². The number of carbonyl (C=O) groups is 2. The molecule has 1 aliphatic heterocycles. The van der Waals surface area contributed by atoms with Gasteiger partial charge >= 0.3 is 0 Å². The van der Waals surface area contributed by atoms with Gasteiger partial charge in [0, 0.05) is 30.8 Å². The molecule has 7 nitrogen and oxygen atoms in total. The largest absolute Gasteiger partial charge is 0.352 e. The molecule has 2 amide bonds. The van der Waals surface area contributed by atoms with Crippen molar-refractivity contribution in [1.29, 1.82) is 0 Å². The van der Waals surface area contributed by atoms with Crippen molar-refractivity contribution in [1.82, 2.24) is 15.1 Å². The molecular formula is C25H26N4O3. The minimum atomic E-state index is -0.345. The Balaban J connectivity index is 1.42. The number of nitrogens with zero attached hydrogens (tertiary/aromatic N) is 3. The SMILES string of the molecule is Cc1cccc(CNC(=O)CCn2nc(C(=O)N3c4ccccc4CC3C)ccc2=O)c1. The Morgan fingerprint density at radius 3 is 2.72 bits per heavy atom. The molecule has 0 saturated carbocycles. The van der Waals surface area contributed by atoms with E-state index in [0.29, 0.717) is 6.54 Å². The first-order valence-electron chi connectivity index (χ1n) is 10.7. The van der Waals surface area contributed by atoms with E-state index in [4.69, 9.17) is 0 Å². The summed E-state index contributed by atoms with van der Waals surface area (Å²) in [7, 11) is 0. The van der Waals surface area contributed by atoms with Gasteiger partial charge in [-0.25, -0.2) is 4.68 Å². The predicted octanol–water partition coefficient (Wildman–Crippen LogP) is 2.85. The number of benzene rings is 2. The van der Waals surface area contributed by atoms with Crippen molar-refractivity contribution >= 4 is 17.5 Å². The quantitative estimate of drug-likeness (QED) is 0.652. The summed E-state index contributed by atoms with van der Waals surface area (Å²) in [5, 5.41) is 7.12. The van der Waals surface area contributed by atoms with Crippen LogP contribution in [0.15, 0.2) is 65.5 Å². The first-order valence-corrected chi connectivity index (χ1v) is 10.7. The molecule has 0 fully saturated rings. The van der Waals surface area contributed by atoms with E-state index in [9.17, 15) is 14.4 Å². The molecule has 0 bridgehead atoms. The van der Waals surface area contributed by atoms with Crippen molar-refractivity contribution in [2.75, 3.05) is 4.90 Å². The van der Waals surface area contributed by atoms with Gasteiger partial charge in [0.05, 0.1) is 6.54 Å². The van der Waals surface area contributed by atoms with E-state index in [0.717, 1.165) is 28.8 Å². The highest BCUT2D eigenvalue weighted by Gasteiger charge is 2.32. The van der Waals surface area contributed by atoms with Crippen LogP contribution in [0.1, 0.15) is 40.5 Å². The third kappa shape index (κ3) is 4.61. The number of amides is 2. The number of aromatic nitrogens is 2. The highest BCUT2D eigenvalue weighted by molar-refractivity contribution is 6.06. The molecule has 0 radical (unpaired) electrons. The number of carbonyl (C=O) groups excluding carboxylic acids is 2. The molecule has 1 N–H and O–H groups in total. The number of aryl methyl sites for hydroxylation is 2. The molecule has 1 aromatic heterocycles. The maximum Gasteiger partial charge on any atom is 0.278 e. The van der Waals surface area contributed by atoms with Gasteiger partial charge in [-0.3, -0.25) is 14.4 Å². The van der Waals surface area contributed by atoms with Crippen LogP contribution in [0.4, 0.5) is 5.69 Å². The maximum absolute atomic E-state index is 13.2. The van der Waals surface area contributed by atoms with E-state index >= 15 is 0 Å². The van der Waals surface area contributed by atoms with Crippen molar-refractivity contribution in [3.63, 3.8) is 0 Å². The minimum Gasteiger partial charge on any atom is -0.352 e. The number of hydrogen-bond acceptors (Lipinski definition) is 4. The summed E-state index contributed by atoms with van der Waals surface area (Å²) < 4.78 is 1.19. The fraction of sp³-hybridized carbons (Fsp3) is 0.280. The summed E-state index contributed by atoms with van der Waals surface area (Å²) in [6.45, 7) is 4.52. The van der Waals surface area contributed by atoms with E-state index < -0.39 is 0 Å². The Kier molecular flexibility index (Phi) is 6.16. The number of hydrogen-bond donors (Lipinski definition) is 1. The van der Waals surface area contributed by atoms with Gasteiger partial charge < -0.3 is 10.2 Å². The monoisotopic (exact) mass is 430 g/mol. The summed E-state index contributed by atoms with van der Waals surface area (Å²) in [4.78, 5) is 39.4. The Labute approximate surface area is 186 Å². The second-order valence-corrected chi connectivity index (χ2v) is 8.15. The molecule has 164 valence electrons. The van der Waals surface area contributed by atoms with Crippen LogP contribution in [-0.2, 0) is 24.3 Å². The summed E-state index contributed by atoms with van der Waals surface area (Å²) in [6.07, 6.45) is 0.877. The minimum absolute atomic E-state index is 0.00878. The lowest BCUT2D eigenvalue weighted by Gasteiger charge is -2.22. The van der Waals surface area contributed by atoms with Gasteiger partial charge in [0.15, 0.2) is 0 Å². The lowest BCUT2D eigenvalue weighted by atomic mass is 10.1. The first kappa shape index (κ1) is 21.5. The average Bonchev–Trinajstić information content (AvgIpc) is 3.12. The summed E-state index contributed by atoms with van der Waals surface area (Å²) in [5.41, 5.74) is 3.98. The van der Waals surface area contributed by atoms with E-state index in [-0.39, 0.29) is 42.1 Å². The smallest absolute Gasteiger partial charge is 0.278 e. The molecule has 1 atom stereocenters. The second kappa shape index (κ2) is 9.18. The molecular weight excluding hydrogens is 404 g/mol. The molecule has 2 aromatic carbocycles. The van der Waals surface area contributed by atoms with Crippen LogP contribution in [-0.4, -0.2) is 27.6 Å². The van der Waals surface area contributed by atoms with Gasteiger partial charge in [0.25, 0.3) is 11.5 Å². The highest BCUT2D eigenvalue weighted by atomic mass is 16.2. The van der Waals surface area contributed by atoms with Crippen LogP contribution >= 0.6 is 0 Å². The number of rotatable bonds is 6. The van der Waals surface area contributed by atoms with Crippen molar-refractivity contribution in [3.05, 3.63) is 93.4 Å². The number of para-hydroxylation sites is 1. The lowest BCUT2D eigenvalue weighted by molar-refractivity contribution is -0.121. The topological polar surface area (TPSA) is 84.3 Å². The van der Waals surface area contributed by atoms with Crippen LogP contribution in [0.2, 0.25) is 0 Å². The molecule has 1 aliphatic rings. The number of nitrogens with one attached hydrogen (secondary N) is 1. The Morgan fingerprint density at radius 2 is 1.91 bits per heavy atom. The molecule has 32 heavy (non-hydrogen) atoms. The molecule has 0 saturated heterocycles. The zero-order chi connectivity index (χ0) is 22.7. The highest BCUT2D eigenvalue weighted by Crippen LogP contribution is 2.32. The van der Waals surface area contributed by atoms with E-state index in [1.165, 1.54) is 16.8 Å². The van der Waals surface area contributed by atoms with Gasteiger partial charge in [0.2, 0.25) is 5.91 Å². The number of anilines is 1. The average molecular weight is 431 g/mol. The van der Waals surface area contributed by atoms with Gasteiger partial charge in [-0.1, -0.05) is 48.0 Å². The fourth-order valence-corrected chi connectivity index (χ4v) is 4.04. The lowest BCUT2D eigenvalue weighted by Crippen LogP contribution is -2.38. The van der Waals surface area contributed by atoms with Crippen LogP contribution < -0.4 is 15.8 Å². The van der Waals surface area contributed by atoms with E-state index in [2.05, 4.69) is 10.4 Å². The van der Waals surface area contributed by atoms with Crippen molar-refractivity contribution in [2.24, 2.45) is 0 Å². The Morgan fingerprint density at radius 1 is 1.09 bits per heavy atom. The Hall–Kier alpha value is -3.74. The van der Waals surface area contributed by atoms with Crippen LogP contribution in [0, 0.1) is 6.92 Å². The van der Waals surface area contributed by atoms with Gasteiger partial charge in [-0.05, 0) is 43.5 Å². The van der Waals surface area contributed by atoms with Crippen molar-refractivity contribution < 1.29 is 9.59 Å². The van der Waals surface area contributed by atoms with Crippen LogP contribution in [0.5, 0.6) is 0 Å². The summed E-state index contributed by atoms with van der Waals surface area (Å²) in [6, 6.07) is 18.5. The molecule has 4 rings (SSSR count). The third-order valence-electron chi connectivity index (χ3n) is 5.63. The third-order valence-corrected chi connectivity index (χ3v) is 5.63. The van der Waals surface area contributed by atoms with Crippen LogP contribution in [0.3, 0.4) is 0 Å². The number of fused-ring (bicyclic) bond motifs is 1. The summed E-state index contributed by atoms with van der Waals surface area (Å²) >= 11 is 0. The van der Waals surface area contributed by atoms with E-state index in [1.807, 2.05) is 62.4 Å². The van der Waals surface area contributed by atoms with Crippen LogP contribution in [0.25, 0.3) is 0 Å². The molecule has 7 heteroatoms. The zero-order valence-corrected chi connectivity index (χ0v) is 18.2. The maximum atomic E-state index is 13.2. The molecule has 3 aromatic rings. The van der Waals surface area contributed by atoms with Gasteiger partial charge in [-0.15, -0.1) is 0 Å². The molecule has 2 heterocycles. The standard InChI is InChI=1S/C25H26N4O3/c1-17-6-5-7-19(14-17)16-26-23(30)12-13-28-24(31)11-10-21(27-28)25(32)29-18(2)15-20-8-3-4-9-22(20)29/h3-11,14,18H,12-13,15-16H2,1-2H3,(H,26,30). The molecule has 0 spiro atoms. The van der Waals surface area contributed by atoms with Crippen molar-refractivity contribution in [3.8, 4) is 0 Å². The van der Waals surface area contributed by atoms with Gasteiger partial charge in [0.1, 0.15) is 5.69 Å². The van der Waals surface area contributed by atoms with Crippen molar-refractivity contribution in [2.45, 2.75) is 45.8 Å². The molecule has 0 aliphatic carbocycles. The van der Waals surface area contributed by atoms with E-state index in [1.54, 1.807) is 4.90 Å². The predicted molar refractivity (Wildman–Crippen MR) is 123 cm³/mol. The normalized spacial score (nSPS) is 14.8. The second-order valence-electron chi connectivity index (χ2n) is 8.15. The molecule has 1 unspecified atom stereocenters. The fourth-order valence-electron chi connectivity index (χ4n) is 4.04. The Bertz CT molecular complexity index is 1220. The zero-order valence-electron chi connectivity index (χ0n) is 18.2. The summed E-state index contributed by atoms with van der Waals surface area (Å²) in [5.74, 6) is -0.431. The first-order chi connectivity index (χ1) is 15.4.